The van der Waals surface area contributed by atoms with Gasteiger partial charge >= 0.3 is 12.1 Å². The topological polar surface area (TPSA) is 50.2 Å². The molecule has 6 heteroatoms. The third-order valence-electron chi connectivity index (χ3n) is 4.34. The molecule has 0 unspecified atom stereocenters. The first-order valence-corrected chi connectivity index (χ1v) is 7.72. The van der Waals surface area contributed by atoms with Crippen molar-refractivity contribution in [1.29, 1.82) is 0 Å². The summed E-state index contributed by atoms with van der Waals surface area (Å²) in [5.74, 6) is -1.41. The largest absolute Gasteiger partial charge is 0.478 e. The van der Waals surface area contributed by atoms with Crippen LogP contribution < -0.4 is 0 Å². The Morgan fingerprint density at radius 1 is 1.33 bits per heavy atom. The first-order valence-electron chi connectivity index (χ1n) is 7.72. The Bertz CT molecular complexity index is 812. The Kier molecular flexibility index (Phi) is 4.30. The third-order valence-corrected chi connectivity index (χ3v) is 4.34. The lowest BCUT2D eigenvalue weighted by molar-refractivity contribution is -0.144. The van der Waals surface area contributed by atoms with E-state index in [0.717, 1.165) is 11.1 Å². The number of aromatic carboxylic acids is 1. The summed E-state index contributed by atoms with van der Waals surface area (Å²) < 4.78 is 37.5. The maximum absolute atomic E-state index is 12.5. The number of carboxylic acids is 1. The van der Waals surface area contributed by atoms with E-state index in [1.807, 2.05) is 18.2 Å². The predicted octanol–water partition coefficient (Wildman–Crippen LogP) is 5.07. The van der Waals surface area contributed by atoms with E-state index in [0.29, 0.717) is 30.2 Å². The predicted molar refractivity (Wildman–Crippen MR) is 84.7 cm³/mol. The molecular weight excluding hydrogens is 319 g/mol. The van der Waals surface area contributed by atoms with E-state index < -0.39 is 18.6 Å². The average molecular weight is 335 g/mol. The smallest absolute Gasteiger partial charge is 0.389 e. The Balaban J connectivity index is 1.89. The summed E-state index contributed by atoms with van der Waals surface area (Å²) in [6.07, 6.45) is -0.224. The van der Waals surface area contributed by atoms with E-state index >= 15 is 0 Å². The van der Waals surface area contributed by atoms with Crippen molar-refractivity contribution >= 4 is 22.4 Å². The summed E-state index contributed by atoms with van der Waals surface area (Å²) in [5.41, 5.74) is 2.65. The summed E-state index contributed by atoms with van der Waals surface area (Å²) in [4.78, 5) is 15.3. The molecule has 0 saturated heterocycles. The highest BCUT2D eigenvalue weighted by Gasteiger charge is 2.32. The highest BCUT2D eigenvalue weighted by molar-refractivity contribution is 5.96. The van der Waals surface area contributed by atoms with Crippen molar-refractivity contribution in [2.45, 2.75) is 31.9 Å². The Labute approximate surface area is 136 Å². The maximum atomic E-state index is 12.5. The SMILES string of the molecule is O=C(O)c1cnc2c(C3=CC[C@@H](CC(F)(F)F)CC3)cccc2c1. The molecule has 1 atom stereocenters. The van der Waals surface area contributed by atoms with Gasteiger partial charge in [0.15, 0.2) is 0 Å². The van der Waals surface area contributed by atoms with Gasteiger partial charge in [0.25, 0.3) is 0 Å². The summed E-state index contributed by atoms with van der Waals surface area (Å²) in [5, 5.41) is 9.75. The number of para-hydroxylation sites is 1. The van der Waals surface area contributed by atoms with Crippen molar-refractivity contribution in [3.8, 4) is 0 Å². The second kappa shape index (κ2) is 6.26. The standard InChI is InChI=1S/C18H16F3NO2/c19-18(20,21)9-11-4-6-12(7-5-11)15-3-1-2-13-8-14(17(23)24)10-22-16(13)15/h1-3,6,8,10-11H,4-5,7,9H2,(H,23,24)/t11-/m1/s1. The van der Waals surface area contributed by atoms with E-state index in [1.54, 1.807) is 12.1 Å². The number of carboxylic acid groups (broad SMARTS) is 1. The summed E-state index contributed by atoms with van der Waals surface area (Å²) in [7, 11) is 0. The van der Waals surface area contributed by atoms with Gasteiger partial charge in [-0.2, -0.15) is 13.2 Å². The van der Waals surface area contributed by atoms with Crippen molar-refractivity contribution in [2.24, 2.45) is 5.92 Å². The van der Waals surface area contributed by atoms with Crippen LogP contribution in [0, 0.1) is 5.92 Å². The molecular formula is C18H16F3NO2. The van der Waals surface area contributed by atoms with Gasteiger partial charge in [-0.25, -0.2) is 4.79 Å². The molecule has 0 spiro atoms. The molecule has 1 N–H and O–H groups in total. The molecule has 0 fully saturated rings. The van der Waals surface area contributed by atoms with E-state index in [4.69, 9.17) is 5.11 Å². The van der Waals surface area contributed by atoms with E-state index in [2.05, 4.69) is 4.98 Å². The Morgan fingerprint density at radius 3 is 2.75 bits per heavy atom. The van der Waals surface area contributed by atoms with Crippen LogP contribution in [-0.2, 0) is 0 Å². The molecule has 3 rings (SSSR count). The molecule has 3 nitrogen and oxygen atoms in total. The minimum atomic E-state index is -4.12. The van der Waals surface area contributed by atoms with Crippen LogP contribution in [-0.4, -0.2) is 22.2 Å². The zero-order valence-corrected chi connectivity index (χ0v) is 12.8. The number of aromatic nitrogens is 1. The maximum Gasteiger partial charge on any atom is 0.389 e. The second-order valence-corrected chi connectivity index (χ2v) is 6.10. The van der Waals surface area contributed by atoms with Crippen LogP contribution in [0.1, 0.15) is 41.6 Å². The van der Waals surface area contributed by atoms with Gasteiger partial charge in [-0.05, 0) is 36.8 Å². The monoisotopic (exact) mass is 335 g/mol. The second-order valence-electron chi connectivity index (χ2n) is 6.10. The van der Waals surface area contributed by atoms with Crippen LogP contribution in [0.2, 0.25) is 0 Å². The molecule has 0 radical (unpaired) electrons. The first kappa shape index (κ1) is 16.5. The van der Waals surface area contributed by atoms with Crippen LogP contribution in [0.25, 0.3) is 16.5 Å². The van der Waals surface area contributed by atoms with Crippen molar-refractivity contribution in [3.63, 3.8) is 0 Å². The minimum Gasteiger partial charge on any atom is -0.478 e. The zero-order chi connectivity index (χ0) is 17.3. The normalized spacial score (nSPS) is 18.5. The number of nitrogens with zero attached hydrogens (tertiary/aromatic N) is 1. The highest BCUT2D eigenvalue weighted by atomic mass is 19.4. The fourth-order valence-electron chi connectivity index (χ4n) is 3.18. The van der Waals surface area contributed by atoms with Gasteiger partial charge in [0, 0.05) is 23.6 Å². The summed E-state index contributed by atoms with van der Waals surface area (Å²) in [6, 6.07) is 7.04. The van der Waals surface area contributed by atoms with Gasteiger partial charge in [0.05, 0.1) is 11.1 Å². The van der Waals surface area contributed by atoms with Gasteiger partial charge < -0.3 is 5.11 Å². The number of benzene rings is 1. The molecule has 1 aromatic carbocycles. The highest BCUT2D eigenvalue weighted by Crippen LogP contribution is 2.37. The minimum absolute atomic E-state index is 0.113. The average Bonchev–Trinajstić information content (AvgIpc) is 2.53. The number of alkyl halides is 3. The Hall–Kier alpha value is -2.37. The Morgan fingerprint density at radius 2 is 2.12 bits per heavy atom. The molecule has 0 bridgehead atoms. The molecule has 1 heterocycles. The number of allylic oxidation sites excluding steroid dienone is 2. The van der Waals surface area contributed by atoms with Crippen LogP contribution in [0.5, 0.6) is 0 Å². The van der Waals surface area contributed by atoms with Crippen molar-refractivity contribution in [1.82, 2.24) is 4.98 Å². The van der Waals surface area contributed by atoms with Crippen LogP contribution in [0.4, 0.5) is 13.2 Å². The fraction of sp³-hybridized carbons (Fsp3) is 0.333. The number of halogens is 3. The molecule has 0 saturated carbocycles. The molecule has 1 aliphatic rings. The van der Waals surface area contributed by atoms with Gasteiger partial charge in [-0.15, -0.1) is 0 Å². The molecule has 0 aliphatic heterocycles. The number of hydrogen-bond donors (Lipinski definition) is 1. The van der Waals surface area contributed by atoms with Gasteiger partial charge in [-0.1, -0.05) is 24.3 Å². The van der Waals surface area contributed by atoms with Crippen LogP contribution >= 0.6 is 0 Å². The summed E-state index contributed by atoms with van der Waals surface area (Å²) >= 11 is 0. The zero-order valence-electron chi connectivity index (χ0n) is 12.8. The lowest BCUT2D eigenvalue weighted by Crippen LogP contribution is -2.16. The first-order chi connectivity index (χ1) is 11.3. The number of pyridine rings is 1. The lowest BCUT2D eigenvalue weighted by atomic mass is 9.84. The fourth-order valence-corrected chi connectivity index (χ4v) is 3.18. The molecule has 1 aliphatic carbocycles. The van der Waals surface area contributed by atoms with Crippen molar-refractivity contribution < 1.29 is 23.1 Å². The quantitative estimate of drug-likeness (QED) is 0.852. The van der Waals surface area contributed by atoms with Crippen molar-refractivity contribution in [2.75, 3.05) is 0 Å². The lowest BCUT2D eigenvalue weighted by Gasteiger charge is -2.23. The van der Waals surface area contributed by atoms with Gasteiger partial charge in [0.2, 0.25) is 0 Å². The van der Waals surface area contributed by atoms with E-state index in [9.17, 15) is 18.0 Å². The van der Waals surface area contributed by atoms with E-state index in [-0.39, 0.29) is 11.5 Å². The molecule has 1 aromatic heterocycles. The van der Waals surface area contributed by atoms with Gasteiger partial charge in [0.1, 0.15) is 0 Å². The number of carbonyl (C=O) groups is 1. The third kappa shape index (κ3) is 3.58. The van der Waals surface area contributed by atoms with Crippen LogP contribution in [0.15, 0.2) is 36.5 Å². The summed E-state index contributed by atoms with van der Waals surface area (Å²) in [6.45, 7) is 0. The van der Waals surface area contributed by atoms with E-state index in [1.165, 1.54) is 6.20 Å². The number of hydrogen-bond acceptors (Lipinski definition) is 2. The molecule has 126 valence electrons. The molecule has 24 heavy (non-hydrogen) atoms. The van der Waals surface area contributed by atoms with Gasteiger partial charge in [-0.3, -0.25) is 4.98 Å². The molecule has 0 amide bonds. The number of rotatable bonds is 3. The van der Waals surface area contributed by atoms with Crippen LogP contribution in [0.3, 0.4) is 0 Å². The van der Waals surface area contributed by atoms with Crippen molar-refractivity contribution in [3.05, 3.63) is 47.7 Å². The molecule has 2 aromatic rings. The number of fused-ring (bicyclic) bond motifs is 1.